The molecule has 0 saturated heterocycles. The maximum Gasteiger partial charge on any atom is 0.0972 e. The van der Waals surface area contributed by atoms with Gasteiger partial charge in [0, 0.05) is 32.3 Å². The quantitative estimate of drug-likeness (QED) is 0.124. The van der Waals surface area contributed by atoms with Crippen molar-refractivity contribution in [3.8, 4) is 43.3 Å². The maximum atomic E-state index is 6.80. The summed E-state index contributed by atoms with van der Waals surface area (Å²) >= 11 is 3.57. The highest BCUT2D eigenvalue weighted by Crippen LogP contribution is 2.58. The number of nitrogens with zero attached hydrogens (tertiary/aromatic N) is 2. The lowest BCUT2D eigenvalue weighted by Gasteiger charge is -2.36. The van der Waals surface area contributed by atoms with Crippen LogP contribution in [0.15, 0.2) is 175 Å². The van der Waals surface area contributed by atoms with E-state index in [0.29, 0.717) is 0 Å². The van der Waals surface area contributed by atoms with Crippen molar-refractivity contribution in [3.05, 3.63) is 225 Å². The Morgan fingerprint density at radius 3 is 1.97 bits per heavy atom. The normalized spacial score (nSPS) is 14.7. The number of anilines is 2. The van der Waals surface area contributed by atoms with Gasteiger partial charge < -0.3 is 11.1 Å². The van der Waals surface area contributed by atoms with Crippen LogP contribution in [0.1, 0.15) is 63.0 Å². The maximum absolute atomic E-state index is 6.80. The SMILES string of the molecule is C/C=C\c1ccc2c(c1N)NC(c1ccc(C3(c4ccc(-c5ccc6ccc7cccnc7c6n5)c(C)c4)c4cc(-c5cccs5)ccc4-c4ccc(-c5cccs5)cc43)cc1C)C=C2. The van der Waals surface area contributed by atoms with Crippen molar-refractivity contribution in [1.82, 2.24) is 9.97 Å². The molecule has 5 heterocycles. The fourth-order valence-corrected chi connectivity index (χ4v) is 11.9. The molecule has 0 spiro atoms. The smallest absolute Gasteiger partial charge is 0.0972 e. The van der Waals surface area contributed by atoms with E-state index in [4.69, 9.17) is 15.7 Å². The second-order valence-electron chi connectivity index (χ2n) is 17.2. The van der Waals surface area contributed by atoms with Crippen molar-refractivity contribution in [2.45, 2.75) is 32.2 Å². The first-order chi connectivity index (χ1) is 31.9. The molecule has 0 saturated carbocycles. The third-order valence-electron chi connectivity index (χ3n) is 13.6. The lowest BCUT2D eigenvalue weighted by atomic mass is 9.66. The van der Waals surface area contributed by atoms with Crippen molar-refractivity contribution >= 4 is 68.0 Å². The van der Waals surface area contributed by atoms with Crippen molar-refractivity contribution in [1.29, 1.82) is 0 Å². The van der Waals surface area contributed by atoms with Gasteiger partial charge in [-0.25, -0.2) is 4.98 Å². The monoisotopic (exact) mass is 872 g/mol. The highest BCUT2D eigenvalue weighted by molar-refractivity contribution is 7.13. The summed E-state index contributed by atoms with van der Waals surface area (Å²) in [7, 11) is 0. The van der Waals surface area contributed by atoms with Crippen LogP contribution in [0.5, 0.6) is 0 Å². The lowest BCUT2D eigenvalue weighted by molar-refractivity contribution is 0.764. The number of hydrogen-bond acceptors (Lipinski definition) is 6. The van der Waals surface area contributed by atoms with Crippen LogP contribution in [0.2, 0.25) is 0 Å². The van der Waals surface area contributed by atoms with E-state index >= 15 is 0 Å². The number of pyridine rings is 2. The number of hydrogen-bond donors (Lipinski definition) is 2. The second-order valence-corrected chi connectivity index (χ2v) is 19.1. The van der Waals surface area contributed by atoms with Gasteiger partial charge in [0.15, 0.2) is 0 Å². The van der Waals surface area contributed by atoms with Gasteiger partial charge in [-0.1, -0.05) is 133 Å². The van der Waals surface area contributed by atoms with Gasteiger partial charge in [-0.3, -0.25) is 4.98 Å². The van der Waals surface area contributed by atoms with E-state index < -0.39 is 5.41 Å². The molecule has 2 aliphatic rings. The minimum Gasteiger partial charge on any atom is -0.397 e. The molecule has 4 nitrogen and oxygen atoms in total. The molecule has 4 aromatic heterocycles. The zero-order chi connectivity index (χ0) is 43.8. The van der Waals surface area contributed by atoms with E-state index in [9.17, 15) is 0 Å². The summed E-state index contributed by atoms with van der Waals surface area (Å²) in [4.78, 5) is 12.6. The Bertz CT molecular complexity index is 3500. The third-order valence-corrected chi connectivity index (χ3v) is 15.4. The Labute approximate surface area is 387 Å². The van der Waals surface area contributed by atoms with Gasteiger partial charge in [0.25, 0.3) is 0 Å². The first-order valence-electron chi connectivity index (χ1n) is 22.1. The molecule has 10 aromatic rings. The van der Waals surface area contributed by atoms with Crippen LogP contribution in [0, 0.1) is 13.8 Å². The van der Waals surface area contributed by atoms with Gasteiger partial charge in [-0.2, -0.15) is 0 Å². The summed E-state index contributed by atoms with van der Waals surface area (Å²) in [6.07, 6.45) is 10.4. The van der Waals surface area contributed by atoms with Gasteiger partial charge >= 0.3 is 0 Å². The van der Waals surface area contributed by atoms with E-state index in [0.717, 1.165) is 55.6 Å². The van der Waals surface area contributed by atoms with Gasteiger partial charge in [0.2, 0.25) is 0 Å². The number of aryl methyl sites for hydroxylation is 2. The molecule has 312 valence electrons. The van der Waals surface area contributed by atoms with Gasteiger partial charge in [-0.15, -0.1) is 22.7 Å². The zero-order valence-electron chi connectivity index (χ0n) is 36.3. The van der Waals surface area contributed by atoms with Gasteiger partial charge in [-0.05, 0) is 140 Å². The molecule has 1 aliphatic carbocycles. The zero-order valence-corrected chi connectivity index (χ0v) is 37.9. The van der Waals surface area contributed by atoms with Crippen molar-refractivity contribution in [2.24, 2.45) is 0 Å². The molecule has 0 fully saturated rings. The number of nitrogen functional groups attached to an aromatic ring is 1. The van der Waals surface area contributed by atoms with E-state index in [2.05, 4.69) is 188 Å². The Morgan fingerprint density at radius 2 is 1.31 bits per heavy atom. The average Bonchev–Trinajstić information content (AvgIpc) is 4.14. The van der Waals surface area contributed by atoms with Gasteiger partial charge in [0.05, 0.1) is 39.6 Å². The predicted octanol–water partition coefficient (Wildman–Crippen LogP) is 15.7. The van der Waals surface area contributed by atoms with E-state index in [-0.39, 0.29) is 6.04 Å². The number of nitrogens with one attached hydrogen (secondary N) is 1. The fraction of sp³-hybridized carbons (Fsp3) is 0.0847. The molecule has 1 aliphatic heterocycles. The van der Waals surface area contributed by atoms with Crippen LogP contribution < -0.4 is 11.1 Å². The fourth-order valence-electron chi connectivity index (χ4n) is 10.5. The molecule has 6 aromatic carbocycles. The van der Waals surface area contributed by atoms with Crippen LogP contribution in [-0.2, 0) is 5.41 Å². The molecule has 0 amide bonds. The van der Waals surface area contributed by atoms with Crippen LogP contribution in [0.25, 0.3) is 77.2 Å². The number of benzene rings is 6. The van der Waals surface area contributed by atoms with Crippen LogP contribution in [0.4, 0.5) is 11.4 Å². The number of allylic oxidation sites excluding steroid dienone is 1. The van der Waals surface area contributed by atoms with E-state index in [1.165, 1.54) is 71.0 Å². The lowest BCUT2D eigenvalue weighted by Crippen LogP contribution is -2.29. The third kappa shape index (κ3) is 6.23. The molecular weight excluding hydrogens is 829 g/mol. The minimum atomic E-state index is -0.650. The summed E-state index contributed by atoms with van der Waals surface area (Å²) in [5.41, 5.74) is 27.5. The number of thiophene rings is 2. The molecule has 0 bridgehead atoms. The number of aromatic nitrogens is 2. The topological polar surface area (TPSA) is 63.8 Å². The molecule has 65 heavy (non-hydrogen) atoms. The summed E-state index contributed by atoms with van der Waals surface area (Å²) in [5, 5.41) is 10.3. The average molecular weight is 873 g/mol. The summed E-state index contributed by atoms with van der Waals surface area (Å²) in [6, 6.07) is 54.1. The minimum absolute atomic E-state index is 0.0435. The molecule has 1 atom stereocenters. The van der Waals surface area contributed by atoms with Gasteiger partial charge in [0.1, 0.15) is 0 Å². The first kappa shape index (κ1) is 39.2. The summed E-state index contributed by atoms with van der Waals surface area (Å²) in [6.45, 7) is 6.52. The van der Waals surface area contributed by atoms with E-state index in [1.807, 2.05) is 25.3 Å². The molecule has 12 rings (SSSR count). The molecule has 0 radical (unpaired) electrons. The molecule has 6 heteroatoms. The highest BCUT2D eigenvalue weighted by atomic mass is 32.1. The summed E-state index contributed by atoms with van der Waals surface area (Å²) in [5.74, 6) is 0. The Balaban J connectivity index is 1.07. The molecular formula is C59H44N4S2. The highest BCUT2D eigenvalue weighted by Gasteiger charge is 2.47. The van der Waals surface area contributed by atoms with Crippen molar-refractivity contribution < 1.29 is 0 Å². The predicted molar refractivity (Wildman–Crippen MR) is 277 cm³/mol. The Hall–Kier alpha value is -7.38. The largest absolute Gasteiger partial charge is 0.397 e. The number of nitrogens with two attached hydrogens (primary N) is 1. The Kier molecular flexibility index (Phi) is 9.30. The molecule has 3 N–H and O–H groups in total. The van der Waals surface area contributed by atoms with Crippen LogP contribution in [0.3, 0.4) is 0 Å². The Morgan fingerprint density at radius 1 is 0.646 bits per heavy atom. The summed E-state index contributed by atoms with van der Waals surface area (Å²) < 4.78 is 0. The van der Waals surface area contributed by atoms with E-state index in [1.54, 1.807) is 22.7 Å². The first-order valence-corrected chi connectivity index (χ1v) is 23.9. The van der Waals surface area contributed by atoms with Crippen LogP contribution >= 0.6 is 22.7 Å². The van der Waals surface area contributed by atoms with Crippen molar-refractivity contribution in [2.75, 3.05) is 11.1 Å². The second kappa shape index (κ2) is 15.4. The number of rotatable bonds is 7. The number of fused-ring (bicyclic) bond motifs is 7. The molecule has 1 unspecified atom stereocenters. The standard InChI is InChI=1S/C59H44N4S2/c1-4-8-37-12-13-39-18-26-51(62-56(39)55(37)60)45-24-20-43(31-35(45)2)59(44-21-25-46(36(3)32-44)52-27-19-40-15-14-38-9-5-28-61-57(38)58(40)63-52)49-33-41(53-10-6-29-64-53)16-22-47(49)48-23-17-42(34-50(48)59)54-11-7-30-65-54/h4-34,51,62H,60H2,1-3H3/b8-4-. The van der Waals surface area contributed by atoms with Crippen LogP contribution in [-0.4, -0.2) is 9.97 Å². The van der Waals surface area contributed by atoms with Crippen molar-refractivity contribution in [3.63, 3.8) is 0 Å².